The molecular formula is C17H15NO4. The first-order chi connectivity index (χ1) is 10.4. The largest absolute Gasteiger partial charge is 0.465 e. The summed E-state index contributed by atoms with van der Waals surface area (Å²) in [6.07, 6.45) is 0. The van der Waals surface area contributed by atoms with E-state index in [0.29, 0.717) is 16.7 Å². The summed E-state index contributed by atoms with van der Waals surface area (Å²) in [6.45, 7) is 5.48. The van der Waals surface area contributed by atoms with Gasteiger partial charge in [0, 0.05) is 0 Å². The summed E-state index contributed by atoms with van der Waals surface area (Å²) in [5, 5.41) is 0.796. The monoisotopic (exact) mass is 297 g/mol. The molecule has 1 aromatic carbocycles. The Morgan fingerprint density at radius 3 is 2.59 bits per heavy atom. The SMILES string of the molecule is COC(=O)c1cc2c(=O)c3c(C)cc(C)cc3oc2nc1C. The maximum atomic E-state index is 12.7. The van der Waals surface area contributed by atoms with Crippen molar-refractivity contribution < 1.29 is 13.9 Å². The Labute approximate surface area is 126 Å². The number of carbonyl (C=O) groups excluding carboxylic acids is 1. The van der Waals surface area contributed by atoms with Crippen molar-refractivity contribution in [1.29, 1.82) is 0 Å². The third kappa shape index (κ3) is 2.06. The van der Waals surface area contributed by atoms with E-state index in [4.69, 9.17) is 9.15 Å². The van der Waals surface area contributed by atoms with Crippen LogP contribution in [-0.4, -0.2) is 18.1 Å². The van der Waals surface area contributed by atoms with Crippen LogP contribution in [0, 0.1) is 20.8 Å². The molecule has 5 heteroatoms. The molecule has 0 aliphatic heterocycles. The van der Waals surface area contributed by atoms with E-state index in [2.05, 4.69) is 4.98 Å². The molecule has 0 bridgehead atoms. The van der Waals surface area contributed by atoms with Gasteiger partial charge in [-0.25, -0.2) is 9.78 Å². The van der Waals surface area contributed by atoms with E-state index in [0.717, 1.165) is 11.1 Å². The van der Waals surface area contributed by atoms with E-state index in [9.17, 15) is 9.59 Å². The van der Waals surface area contributed by atoms with Crippen molar-refractivity contribution in [3.8, 4) is 0 Å². The summed E-state index contributed by atoms with van der Waals surface area (Å²) in [7, 11) is 1.29. The van der Waals surface area contributed by atoms with Crippen molar-refractivity contribution in [2.45, 2.75) is 20.8 Å². The van der Waals surface area contributed by atoms with Crippen LogP contribution in [0.25, 0.3) is 22.1 Å². The quantitative estimate of drug-likeness (QED) is 0.510. The lowest BCUT2D eigenvalue weighted by Crippen LogP contribution is -2.10. The highest BCUT2D eigenvalue weighted by molar-refractivity contribution is 5.97. The predicted molar refractivity (Wildman–Crippen MR) is 83.3 cm³/mol. The first-order valence-electron chi connectivity index (χ1n) is 6.86. The second-order valence-electron chi connectivity index (χ2n) is 5.35. The number of nitrogens with zero attached hydrogens (tertiary/aromatic N) is 1. The van der Waals surface area contributed by atoms with Gasteiger partial charge >= 0.3 is 5.97 Å². The summed E-state index contributed by atoms with van der Waals surface area (Å²) in [6, 6.07) is 5.23. The van der Waals surface area contributed by atoms with E-state index >= 15 is 0 Å². The fourth-order valence-electron chi connectivity index (χ4n) is 2.68. The van der Waals surface area contributed by atoms with Crippen LogP contribution >= 0.6 is 0 Å². The number of fused-ring (bicyclic) bond motifs is 2. The number of esters is 1. The molecule has 0 saturated heterocycles. The molecule has 0 spiro atoms. The number of benzene rings is 1. The fraction of sp³-hybridized carbons (Fsp3) is 0.235. The number of aromatic nitrogens is 1. The highest BCUT2D eigenvalue weighted by Gasteiger charge is 2.17. The Morgan fingerprint density at radius 2 is 1.91 bits per heavy atom. The van der Waals surface area contributed by atoms with Crippen LogP contribution in [0.4, 0.5) is 0 Å². The van der Waals surface area contributed by atoms with Gasteiger partial charge in [0.15, 0.2) is 0 Å². The lowest BCUT2D eigenvalue weighted by Gasteiger charge is -2.08. The number of carbonyl (C=O) groups is 1. The second kappa shape index (κ2) is 4.94. The smallest absolute Gasteiger partial charge is 0.339 e. The Kier molecular flexibility index (Phi) is 3.20. The van der Waals surface area contributed by atoms with Crippen LogP contribution in [0.1, 0.15) is 27.2 Å². The highest BCUT2D eigenvalue weighted by Crippen LogP contribution is 2.23. The zero-order valence-corrected chi connectivity index (χ0v) is 12.8. The molecule has 0 fully saturated rings. The van der Waals surface area contributed by atoms with Gasteiger partial charge in [-0.1, -0.05) is 6.07 Å². The molecule has 0 unspecified atom stereocenters. The number of ether oxygens (including phenoxy) is 1. The molecule has 5 nitrogen and oxygen atoms in total. The molecule has 112 valence electrons. The van der Waals surface area contributed by atoms with Crippen molar-refractivity contribution in [3.05, 3.63) is 50.8 Å². The lowest BCUT2D eigenvalue weighted by atomic mass is 10.0. The maximum Gasteiger partial charge on any atom is 0.339 e. The van der Waals surface area contributed by atoms with E-state index in [1.165, 1.54) is 13.2 Å². The molecular weight excluding hydrogens is 282 g/mol. The summed E-state index contributed by atoms with van der Waals surface area (Å²) in [5.74, 6) is -0.521. The number of hydrogen-bond donors (Lipinski definition) is 0. The zero-order valence-electron chi connectivity index (χ0n) is 12.8. The molecule has 0 saturated carbocycles. The topological polar surface area (TPSA) is 69.4 Å². The predicted octanol–water partition coefficient (Wildman–Crippen LogP) is 3.05. The van der Waals surface area contributed by atoms with Crippen LogP contribution in [0.5, 0.6) is 0 Å². The van der Waals surface area contributed by atoms with E-state index < -0.39 is 5.97 Å². The minimum absolute atomic E-state index is 0.189. The van der Waals surface area contributed by atoms with Crippen LogP contribution in [0.15, 0.2) is 27.4 Å². The van der Waals surface area contributed by atoms with Crippen LogP contribution in [0.2, 0.25) is 0 Å². The molecule has 0 atom stereocenters. The maximum absolute atomic E-state index is 12.7. The van der Waals surface area contributed by atoms with Crippen molar-refractivity contribution in [2.75, 3.05) is 7.11 Å². The van der Waals surface area contributed by atoms with Crippen LogP contribution in [-0.2, 0) is 4.74 Å². The molecule has 0 N–H and O–H groups in total. The molecule has 2 heterocycles. The normalized spacial score (nSPS) is 11.1. The van der Waals surface area contributed by atoms with Crippen LogP contribution < -0.4 is 5.43 Å². The number of aryl methyl sites for hydroxylation is 3. The molecule has 2 aromatic heterocycles. The van der Waals surface area contributed by atoms with Gasteiger partial charge in [-0.15, -0.1) is 0 Å². The Balaban J connectivity index is 2.48. The number of hydrogen-bond acceptors (Lipinski definition) is 5. The highest BCUT2D eigenvalue weighted by atomic mass is 16.5. The van der Waals surface area contributed by atoms with Crippen LogP contribution in [0.3, 0.4) is 0 Å². The summed E-state index contributed by atoms with van der Waals surface area (Å²) in [4.78, 5) is 28.8. The summed E-state index contributed by atoms with van der Waals surface area (Å²) < 4.78 is 10.5. The van der Waals surface area contributed by atoms with Gasteiger partial charge in [-0.3, -0.25) is 4.79 Å². The minimum atomic E-state index is -0.521. The van der Waals surface area contributed by atoms with Crippen molar-refractivity contribution in [2.24, 2.45) is 0 Å². The van der Waals surface area contributed by atoms with Crippen molar-refractivity contribution in [1.82, 2.24) is 4.98 Å². The fourth-order valence-corrected chi connectivity index (χ4v) is 2.68. The van der Waals surface area contributed by atoms with Gasteiger partial charge in [-0.2, -0.15) is 0 Å². The Morgan fingerprint density at radius 1 is 1.18 bits per heavy atom. The zero-order chi connectivity index (χ0) is 16.0. The lowest BCUT2D eigenvalue weighted by molar-refractivity contribution is 0.0599. The molecule has 3 rings (SSSR count). The average Bonchev–Trinajstić information content (AvgIpc) is 2.45. The van der Waals surface area contributed by atoms with Gasteiger partial charge in [0.25, 0.3) is 0 Å². The summed E-state index contributed by atoms with van der Waals surface area (Å²) in [5.41, 5.74) is 3.13. The van der Waals surface area contributed by atoms with E-state index in [1.807, 2.05) is 26.0 Å². The molecule has 0 radical (unpaired) electrons. The minimum Gasteiger partial charge on any atom is -0.465 e. The average molecular weight is 297 g/mol. The molecule has 22 heavy (non-hydrogen) atoms. The Bertz CT molecular complexity index is 986. The van der Waals surface area contributed by atoms with Gasteiger partial charge in [0.05, 0.1) is 29.1 Å². The number of methoxy groups -OCH3 is 1. The first-order valence-corrected chi connectivity index (χ1v) is 6.86. The summed E-state index contributed by atoms with van der Waals surface area (Å²) >= 11 is 0. The van der Waals surface area contributed by atoms with E-state index in [-0.39, 0.29) is 22.1 Å². The second-order valence-corrected chi connectivity index (χ2v) is 5.35. The van der Waals surface area contributed by atoms with Crippen molar-refractivity contribution in [3.63, 3.8) is 0 Å². The third-order valence-corrected chi connectivity index (χ3v) is 3.71. The van der Waals surface area contributed by atoms with Gasteiger partial charge < -0.3 is 9.15 Å². The van der Waals surface area contributed by atoms with E-state index in [1.54, 1.807) is 6.92 Å². The molecule has 0 aliphatic carbocycles. The number of rotatable bonds is 1. The van der Waals surface area contributed by atoms with Gasteiger partial charge in [0.2, 0.25) is 11.1 Å². The van der Waals surface area contributed by atoms with Gasteiger partial charge in [-0.05, 0) is 44.0 Å². The van der Waals surface area contributed by atoms with Crippen molar-refractivity contribution >= 4 is 28.0 Å². The third-order valence-electron chi connectivity index (χ3n) is 3.71. The first kappa shape index (κ1) is 14.3. The molecule has 3 aromatic rings. The standard InChI is InChI=1S/C17H15NO4/c1-8-5-9(2)14-13(6-8)22-16-12(15(14)19)7-11(10(3)18-16)17(20)21-4/h5-7H,1-4H3. The Hall–Kier alpha value is -2.69. The molecule has 0 aliphatic rings. The van der Waals surface area contributed by atoms with Gasteiger partial charge in [0.1, 0.15) is 5.58 Å². The molecule has 0 amide bonds. The number of pyridine rings is 1.